The lowest BCUT2D eigenvalue weighted by Crippen LogP contribution is -2.40. The quantitative estimate of drug-likeness (QED) is 0.862. The molecule has 0 spiro atoms. The lowest BCUT2D eigenvalue weighted by Gasteiger charge is -2.28. The van der Waals surface area contributed by atoms with Gasteiger partial charge in [0.15, 0.2) is 0 Å². The Morgan fingerprint density at radius 2 is 2.05 bits per heavy atom. The summed E-state index contributed by atoms with van der Waals surface area (Å²) in [4.78, 5) is 16.2. The average Bonchev–Trinajstić information content (AvgIpc) is 2.35. The van der Waals surface area contributed by atoms with Crippen LogP contribution in [0.5, 0.6) is 0 Å². The van der Waals surface area contributed by atoms with Crippen LogP contribution in [0.15, 0.2) is 24.3 Å². The summed E-state index contributed by atoms with van der Waals surface area (Å²) in [5, 5.41) is 3.69. The molecule has 1 aromatic carbocycles. The number of hydrogen-bond donors (Lipinski definition) is 1. The predicted molar refractivity (Wildman–Crippen MR) is 79.4 cm³/mol. The van der Waals surface area contributed by atoms with Crippen LogP contribution in [0.3, 0.4) is 0 Å². The zero-order valence-electron chi connectivity index (χ0n) is 12.0. The van der Waals surface area contributed by atoms with Crippen molar-refractivity contribution in [2.75, 3.05) is 41.3 Å². The molecule has 0 aliphatic heterocycles. The number of halogens is 1. The number of likely N-dealkylation sites (N-methyl/N-ethyl adjacent to an activating group) is 3. The number of amides is 1. The molecule has 0 saturated heterocycles. The van der Waals surface area contributed by atoms with Crippen LogP contribution in [0.2, 0.25) is 5.02 Å². The van der Waals surface area contributed by atoms with Crippen molar-refractivity contribution in [2.45, 2.75) is 6.04 Å². The summed E-state index contributed by atoms with van der Waals surface area (Å²) in [7, 11) is 7.49. The van der Waals surface area contributed by atoms with E-state index in [4.69, 9.17) is 11.6 Å². The third-order valence-corrected chi connectivity index (χ3v) is 3.22. The number of benzene rings is 1. The first kappa shape index (κ1) is 16.0. The van der Waals surface area contributed by atoms with Crippen LogP contribution in [0.1, 0.15) is 11.6 Å². The highest BCUT2D eigenvalue weighted by Crippen LogP contribution is 2.23. The molecule has 106 valence electrons. The van der Waals surface area contributed by atoms with Gasteiger partial charge in [-0.25, -0.2) is 0 Å². The second-order valence-corrected chi connectivity index (χ2v) is 5.22. The van der Waals surface area contributed by atoms with Crippen molar-refractivity contribution in [1.29, 1.82) is 0 Å². The Hall–Kier alpha value is -1.10. The maximum absolute atomic E-state index is 12.5. The van der Waals surface area contributed by atoms with Crippen molar-refractivity contribution in [3.8, 4) is 0 Å². The molecule has 0 aromatic heterocycles. The van der Waals surface area contributed by atoms with Crippen LogP contribution in [0.25, 0.3) is 0 Å². The van der Waals surface area contributed by atoms with Gasteiger partial charge >= 0.3 is 0 Å². The van der Waals surface area contributed by atoms with E-state index in [0.29, 0.717) is 11.6 Å². The van der Waals surface area contributed by atoms with Crippen molar-refractivity contribution in [2.24, 2.45) is 0 Å². The van der Waals surface area contributed by atoms with Gasteiger partial charge in [-0.15, -0.1) is 0 Å². The zero-order valence-corrected chi connectivity index (χ0v) is 12.7. The maximum Gasteiger partial charge on any atom is 0.244 e. The van der Waals surface area contributed by atoms with Crippen LogP contribution >= 0.6 is 11.6 Å². The lowest BCUT2D eigenvalue weighted by atomic mass is 10.0. The van der Waals surface area contributed by atoms with Crippen molar-refractivity contribution in [3.05, 3.63) is 34.9 Å². The van der Waals surface area contributed by atoms with Crippen molar-refractivity contribution >= 4 is 17.5 Å². The van der Waals surface area contributed by atoms with Crippen molar-refractivity contribution in [1.82, 2.24) is 15.1 Å². The topological polar surface area (TPSA) is 35.6 Å². The Kier molecular flexibility index (Phi) is 6.28. The minimum atomic E-state index is -0.305. The number of carbonyl (C=O) groups excluding carboxylic acids is 1. The lowest BCUT2D eigenvalue weighted by molar-refractivity contribution is -0.134. The Balaban J connectivity index is 2.91. The molecular weight excluding hydrogens is 262 g/mol. The zero-order chi connectivity index (χ0) is 14.4. The molecule has 1 unspecified atom stereocenters. The van der Waals surface area contributed by atoms with Crippen LogP contribution in [-0.4, -0.2) is 57.0 Å². The molecule has 0 fully saturated rings. The van der Waals surface area contributed by atoms with Gasteiger partial charge in [0.25, 0.3) is 0 Å². The summed E-state index contributed by atoms with van der Waals surface area (Å²) >= 11 is 6.01. The molecule has 0 saturated carbocycles. The van der Waals surface area contributed by atoms with E-state index in [2.05, 4.69) is 5.32 Å². The molecule has 1 atom stereocenters. The van der Waals surface area contributed by atoms with Crippen LogP contribution in [-0.2, 0) is 4.79 Å². The van der Waals surface area contributed by atoms with E-state index >= 15 is 0 Å². The second kappa shape index (κ2) is 7.48. The normalized spacial score (nSPS) is 12.5. The highest BCUT2D eigenvalue weighted by Gasteiger charge is 2.25. The molecule has 4 nitrogen and oxygen atoms in total. The van der Waals surface area contributed by atoms with E-state index in [0.717, 1.165) is 12.1 Å². The Morgan fingerprint density at radius 1 is 1.37 bits per heavy atom. The fraction of sp³-hybridized carbons (Fsp3) is 0.500. The standard InChI is InChI=1S/C14H22ClN3O/c1-16-8-9-18(4)14(19)13(17(2)3)11-6-5-7-12(15)10-11/h5-7,10,13,16H,8-9H2,1-4H3. The highest BCUT2D eigenvalue weighted by atomic mass is 35.5. The largest absolute Gasteiger partial charge is 0.343 e. The van der Waals surface area contributed by atoms with Gasteiger partial charge in [-0.1, -0.05) is 23.7 Å². The summed E-state index contributed by atoms with van der Waals surface area (Å²) in [5.74, 6) is 0.0718. The Morgan fingerprint density at radius 3 is 2.58 bits per heavy atom. The van der Waals surface area contributed by atoms with Gasteiger partial charge in [0.1, 0.15) is 6.04 Å². The van der Waals surface area contributed by atoms with Gasteiger partial charge in [0.05, 0.1) is 0 Å². The van der Waals surface area contributed by atoms with Crippen LogP contribution < -0.4 is 5.32 Å². The summed E-state index contributed by atoms with van der Waals surface area (Å²) in [6, 6.07) is 7.15. The van der Waals surface area contributed by atoms with Gasteiger partial charge < -0.3 is 10.2 Å². The van der Waals surface area contributed by atoms with Crippen LogP contribution in [0, 0.1) is 0 Å². The third kappa shape index (κ3) is 4.49. The van der Waals surface area contributed by atoms with Gasteiger partial charge in [0.2, 0.25) is 5.91 Å². The van der Waals surface area contributed by atoms with E-state index in [9.17, 15) is 4.79 Å². The number of nitrogens with zero attached hydrogens (tertiary/aromatic N) is 2. The molecule has 0 radical (unpaired) electrons. The minimum absolute atomic E-state index is 0.0718. The third-order valence-electron chi connectivity index (χ3n) is 2.99. The fourth-order valence-corrected chi connectivity index (χ4v) is 2.14. The summed E-state index contributed by atoms with van der Waals surface area (Å²) in [6.45, 7) is 1.46. The molecule has 1 aromatic rings. The average molecular weight is 284 g/mol. The number of hydrogen-bond acceptors (Lipinski definition) is 3. The first-order chi connectivity index (χ1) is 8.97. The van der Waals surface area contributed by atoms with Gasteiger partial charge in [-0.2, -0.15) is 0 Å². The maximum atomic E-state index is 12.5. The first-order valence-corrected chi connectivity index (χ1v) is 6.66. The molecule has 1 rings (SSSR count). The SMILES string of the molecule is CNCCN(C)C(=O)C(c1cccc(Cl)c1)N(C)C. The van der Waals surface area contributed by atoms with Gasteiger partial charge in [-0.05, 0) is 38.8 Å². The molecule has 1 N–H and O–H groups in total. The van der Waals surface area contributed by atoms with E-state index in [1.165, 1.54) is 0 Å². The first-order valence-electron chi connectivity index (χ1n) is 6.29. The van der Waals surface area contributed by atoms with E-state index in [1.807, 2.05) is 57.4 Å². The molecule has 0 heterocycles. The van der Waals surface area contributed by atoms with Gasteiger partial charge in [-0.3, -0.25) is 9.69 Å². The molecular formula is C14H22ClN3O. The monoisotopic (exact) mass is 283 g/mol. The Labute approximate surface area is 120 Å². The van der Waals surface area contributed by atoms with Crippen molar-refractivity contribution in [3.63, 3.8) is 0 Å². The Bertz CT molecular complexity index is 423. The molecule has 0 bridgehead atoms. The van der Waals surface area contributed by atoms with Gasteiger partial charge in [0, 0.05) is 25.2 Å². The summed E-state index contributed by atoms with van der Waals surface area (Å²) in [5.41, 5.74) is 0.916. The smallest absolute Gasteiger partial charge is 0.244 e. The molecule has 0 aliphatic carbocycles. The van der Waals surface area contributed by atoms with E-state index in [-0.39, 0.29) is 11.9 Å². The summed E-state index contributed by atoms with van der Waals surface area (Å²) in [6.07, 6.45) is 0. The summed E-state index contributed by atoms with van der Waals surface area (Å²) < 4.78 is 0. The highest BCUT2D eigenvalue weighted by molar-refractivity contribution is 6.30. The molecule has 0 aliphatic rings. The number of rotatable bonds is 6. The molecule has 1 amide bonds. The predicted octanol–water partition coefficient (Wildman–Crippen LogP) is 1.62. The second-order valence-electron chi connectivity index (χ2n) is 4.78. The van der Waals surface area contributed by atoms with E-state index in [1.54, 1.807) is 4.90 Å². The minimum Gasteiger partial charge on any atom is -0.343 e. The molecule has 5 heteroatoms. The number of carbonyl (C=O) groups is 1. The van der Waals surface area contributed by atoms with Crippen molar-refractivity contribution < 1.29 is 4.79 Å². The van der Waals surface area contributed by atoms with E-state index < -0.39 is 0 Å². The van der Waals surface area contributed by atoms with Crippen LogP contribution in [0.4, 0.5) is 0 Å². The molecule has 19 heavy (non-hydrogen) atoms. The number of nitrogens with one attached hydrogen (secondary N) is 1. The fourth-order valence-electron chi connectivity index (χ4n) is 1.94.